The molecule has 0 bridgehead atoms. The molecule has 24 heavy (non-hydrogen) atoms. The van der Waals surface area contributed by atoms with E-state index in [-0.39, 0.29) is 28.4 Å². The topological polar surface area (TPSA) is 122 Å². The van der Waals surface area contributed by atoms with Crippen LogP contribution in [0.5, 0.6) is 0 Å². The number of hydrogen-bond donors (Lipinski definition) is 2. The first-order valence-electron chi connectivity index (χ1n) is 6.91. The number of sulfonamides is 1. The molecule has 0 fully saturated rings. The number of hydrogen-bond acceptors (Lipinski definition) is 5. The Balaban J connectivity index is 1.99. The van der Waals surface area contributed by atoms with Crippen LogP contribution in [0.3, 0.4) is 0 Å². The number of H-pyrrole nitrogens is 1. The minimum Gasteiger partial charge on any atom is -0.278 e. The minimum atomic E-state index is -3.91. The lowest BCUT2D eigenvalue weighted by atomic mass is 10.1. The van der Waals surface area contributed by atoms with Gasteiger partial charge in [-0.25, -0.2) is 8.42 Å². The van der Waals surface area contributed by atoms with E-state index in [4.69, 9.17) is 10.5 Å². The highest BCUT2D eigenvalue weighted by Gasteiger charge is 2.20. The Labute approximate surface area is 138 Å². The number of nitriles is 2. The molecule has 0 saturated heterocycles. The van der Waals surface area contributed by atoms with E-state index in [1.165, 1.54) is 6.07 Å². The van der Waals surface area contributed by atoms with Gasteiger partial charge in [0.2, 0.25) is 0 Å². The zero-order chi connectivity index (χ0) is 17.2. The minimum absolute atomic E-state index is 0.0147. The normalized spacial score (nSPS) is 10.9. The average Bonchev–Trinajstić information content (AvgIpc) is 2.95. The smallest absolute Gasteiger partial charge is 0.263 e. The van der Waals surface area contributed by atoms with Crippen molar-refractivity contribution >= 4 is 26.6 Å². The summed E-state index contributed by atoms with van der Waals surface area (Å²) >= 11 is 0. The van der Waals surface area contributed by atoms with Gasteiger partial charge in [-0.2, -0.15) is 15.6 Å². The van der Waals surface area contributed by atoms with Crippen molar-refractivity contribution < 1.29 is 8.42 Å². The fourth-order valence-electron chi connectivity index (χ4n) is 2.30. The number of aromatic nitrogens is 2. The van der Waals surface area contributed by atoms with Crippen LogP contribution >= 0.6 is 0 Å². The Hall–Kier alpha value is -3.36. The molecule has 0 aliphatic carbocycles. The van der Waals surface area contributed by atoms with Crippen LogP contribution < -0.4 is 4.72 Å². The summed E-state index contributed by atoms with van der Waals surface area (Å²) in [4.78, 5) is 0.0647. The van der Waals surface area contributed by atoms with E-state index in [0.29, 0.717) is 0 Å². The number of benzene rings is 2. The van der Waals surface area contributed by atoms with Gasteiger partial charge in [0.1, 0.15) is 11.6 Å². The summed E-state index contributed by atoms with van der Waals surface area (Å²) in [5.74, 6) is -0.115. The fraction of sp³-hybridized carbons (Fsp3) is 0.0625. The lowest BCUT2D eigenvalue weighted by Gasteiger charge is -2.07. The van der Waals surface area contributed by atoms with Crippen molar-refractivity contribution in [1.29, 1.82) is 10.5 Å². The molecule has 1 heterocycles. The number of rotatable bonds is 4. The number of nitrogens with zero attached hydrogens (tertiary/aromatic N) is 3. The fourth-order valence-corrected chi connectivity index (χ4v) is 3.35. The standard InChI is InChI=1S/C16H11N5O2S/c17-8-7-15-14(10-18)16(20-19-15)21-24(22,23)13-6-5-11-3-1-2-4-12(11)9-13/h1-6,9H,7H2,(H2,19,20,21). The van der Waals surface area contributed by atoms with Gasteiger partial charge in [-0.05, 0) is 22.9 Å². The molecule has 0 aliphatic heterocycles. The summed E-state index contributed by atoms with van der Waals surface area (Å²) in [7, 11) is -3.91. The van der Waals surface area contributed by atoms with Crippen LogP contribution in [0.1, 0.15) is 11.3 Å². The highest BCUT2D eigenvalue weighted by Crippen LogP contribution is 2.23. The number of fused-ring (bicyclic) bond motifs is 1. The first-order valence-corrected chi connectivity index (χ1v) is 8.39. The van der Waals surface area contributed by atoms with E-state index in [1.54, 1.807) is 12.1 Å². The molecule has 0 atom stereocenters. The van der Waals surface area contributed by atoms with Crippen LogP contribution in [-0.2, 0) is 16.4 Å². The highest BCUT2D eigenvalue weighted by atomic mass is 32.2. The van der Waals surface area contributed by atoms with Gasteiger partial charge in [0.25, 0.3) is 10.0 Å². The van der Waals surface area contributed by atoms with Gasteiger partial charge in [0, 0.05) is 0 Å². The van der Waals surface area contributed by atoms with Crippen molar-refractivity contribution in [1.82, 2.24) is 10.2 Å². The van der Waals surface area contributed by atoms with Crippen LogP contribution in [0.2, 0.25) is 0 Å². The first kappa shape index (κ1) is 15.5. The lowest BCUT2D eigenvalue weighted by molar-refractivity contribution is 0.601. The van der Waals surface area contributed by atoms with E-state index in [1.807, 2.05) is 36.4 Å². The van der Waals surface area contributed by atoms with Crippen molar-refractivity contribution in [3.05, 3.63) is 53.7 Å². The Bertz CT molecular complexity index is 1100. The number of nitrogens with one attached hydrogen (secondary N) is 2. The maximum absolute atomic E-state index is 12.5. The molecule has 0 spiro atoms. The molecule has 0 aliphatic rings. The van der Waals surface area contributed by atoms with E-state index in [9.17, 15) is 8.42 Å². The monoisotopic (exact) mass is 337 g/mol. The van der Waals surface area contributed by atoms with E-state index in [2.05, 4.69) is 14.9 Å². The third-order valence-electron chi connectivity index (χ3n) is 3.47. The lowest BCUT2D eigenvalue weighted by Crippen LogP contribution is -2.14. The summed E-state index contributed by atoms with van der Waals surface area (Å²) in [6, 6.07) is 15.9. The van der Waals surface area contributed by atoms with E-state index < -0.39 is 10.0 Å². The summed E-state index contributed by atoms with van der Waals surface area (Å²) in [5.41, 5.74) is 0.289. The van der Waals surface area contributed by atoms with Crippen molar-refractivity contribution in [3.8, 4) is 12.1 Å². The second-order valence-electron chi connectivity index (χ2n) is 4.99. The highest BCUT2D eigenvalue weighted by molar-refractivity contribution is 7.92. The molecule has 3 aromatic rings. The third kappa shape index (κ3) is 2.78. The van der Waals surface area contributed by atoms with Gasteiger partial charge >= 0.3 is 0 Å². The quantitative estimate of drug-likeness (QED) is 0.756. The Morgan fingerprint density at radius 2 is 1.88 bits per heavy atom. The van der Waals surface area contributed by atoms with Crippen molar-refractivity contribution in [3.63, 3.8) is 0 Å². The van der Waals surface area contributed by atoms with Crippen molar-refractivity contribution in [2.24, 2.45) is 0 Å². The van der Waals surface area contributed by atoms with Crippen LogP contribution in [0.15, 0.2) is 47.4 Å². The molecule has 0 radical (unpaired) electrons. The molecule has 7 nitrogen and oxygen atoms in total. The molecule has 2 aromatic carbocycles. The molecule has 0 unspecified atom stereocenters. The number of anilines is 1. The predicted octanol–water partition coefficient (Wildman–Crippen LogP) is 2.30. The number of aromatic amines is 1. The predicted molar refractivity (Wildman–Crippen MR) is 87.4 cm³/mol. The maximum Gasteiger partial charge on any atom is 0.263 e. The zero-order valence-electron chi connectivity index (χ0n) is 12.3. The second-order valence-corrected chi connectivity index (χ2v) is 6.67. The molecule has 1 aromatic heterocycles. The van der Waals surface area contributed by atoms with Crippen LogP contribution in [0.4, 0.5) is 5.82 Å². The molecule has 3 rings (SSSR count). The van der Waals surface area contributed by atoms with Crippen LogP contribution in [0, 0.1) is 22.7 Å². The molecule has 118 valence electrons. The van der Waals surface area contributed by atoms with Crippen LogP contribution in [0.25, 0.3) is 10.8 Å². The average molecular weight is 337 g/mol. The summed E-state index contributed by atoms with van der Waals surface area (Å²) in [5, 5.41) is 25.9. The van der Waals surface area contributed by atoms with Gasteiger partial charge in [0.05, 0.1) is 23.1 Å². The molecule has 2 N–H and O–H groups in total. The van der Waals surface area contributed by atoms with Gasteiger partial charge in [0.15, 0.2) is 5.82 Å². The molecule has 8 heteroatoms. The van der Waals surface area contributed by atoms with Gasteiger partial charge in [-0.3, -0.25) is 9.82 Å². The zero-order valence-corrected chi connectivity index (χ0v) is 13.1. The first-order chi connectivity index (χ1) is 11.5. The summed E-state index contributed by atoms with van der Waals surface area (Å²) in [6.45, 7) is 0. The molecular weight excluding hydrogens is 326 g/mol. The SMILES string of the molecule is N#CCc1[nH]nc(NS(=O)(=O)c2ccc3ccccc3c2)c1C#N. The maximum atomic E-state index is 12.5. The Kier molecular flexibility index (Phi) is 3.90. The van der Waals surface area contributed by atoms with Crippen LogP contribution in [-0.4, -0.2) is 18.6 Å². The van der Waals surface area contributed by atoms with Gasteiger partial charge in [-0.15, -0.1) is 0 Å². The van der Waals surface area contributed by atoms with Crippen molar-refractivity contribution in [2.75, 3.05) is 4.72 Å². The molecular formula is C16H11N5O2S. The molecule has 0 saturated carbocycles. The Morgan fingerprint density at radius 3 is 2.58 bits per heavy atom. The Morgan fingerprint density at radius 1 is 1.12 bits per heavy atom. The third-order valence-corrected chi connectivity index (χ3v) is 4.81. The summed E-state index contributed by atoms with van der Waals surface area (Å²) < 4.78 is 27.4. The van der Waals surface area contributed by atoms with Gasteiger partial charge < -0.3 is 0 Å². The van der Waals surface area contributed by atoms with Gasteiger partial charge in [-0.1, -0.05) is 30.3 Å². The summed E-state index contributed by atoms with van der Waals surface area (Å²) in [6.07, 6.45) is -0.0619. The largest absolute Gasteiger partial charge is 0.278 e. The van der Waals surface area contributed by atoms with E-state index in [0.717, 1.165) is 10.8 Å². The molecule has 0 amide bonds. The second kappa shape index (κ2) is 6.03. The van der Waals surface area contributed by atoms with Crippen molar-refractivity contribution in [2.45, 2.75) is 11.3 Å². The van der Waals surface area contributed by atoms with E-state index >= 15 is 0 Å².